The Kier molecular flexibility index (Phi) is 8.21. The molecule has 0 spiro atoms. The number of amides is 2. The molecular formula is C19H29N3O4. The predicted molar refractivity (Wildman–Crippen MR) is 101 cm³/mol. The molecule has 26 heavy (non-hydrogen) atoms. The van der Waals surface area contributed by atoms with Crippen molar-refractivity contribution in [2.75, 3.05) is 37.5 Å². The van der Waals surface area contributed by atoms with E-state index in [1.807, 2.05) is 6.07 Å². The molecule has 7 heteroatoms. The van der Waals surface area contributed by atoms with Crippen molar-refractivity contribution in [3.8, 4) is 0 Å². The first kappa shape index (κ1) is 20.0. The van der Waals surface area contributed by atoms with E-state index in [1.165, 1.54) is 19.3 Å². The van der Waals surface area contributed by atoms with Crippen LogP contribution in [0.25, 0.3) is 0 Å². The van der Waals surface area contributed by atoms with Crippen molar-refractivity contribution in [1.82, 2.24) is 5.32 Å². The molecule has 2 amide bonds. The van der Waals surface area contributed by atoms with Gasteiger partial charge in [-0.3, -0.25) is 10.1 Å². The molecule has 0 radical (unpaired) electrons. The third-order valence-electron chi connectivity index (χ3n) is 4.54. The molecule has 7 nitrogen and oxygen atoms in total. The van der Waals surface area contributed by atoms with Gasteiger partial charge in [0.25, 0.3) is 0 Å². The molecule has 1 saturated carbocycles. The van der Waals surface area contributed by atoms with Crippen molar-refractivity contribution >= 4 is 23.4 Å². The molecule has 0 aromatic heterocycles. The van der Waals surface area contributed by atoms with E-state index in [2.05, 4.69) is 22.9 Å². The van der Waals surface area contributed by atoms with Crippen LogP contribution in [0.2, 0.25) is 0 Å². The first-order chi connectivity index (χ1) is 12.6. The van der Waals surface area contributed by atoms with Crippen molar-refractivity contribution in [2.24, 2.45) is 5.92 Å². The van der Waals surface area contributed by atoms with Gasteiger partial charge in [-0.2, -0.15) is 0 Å². The van der Waals surface area contributed by atoms with E-state index in [0.29, 0.717) is 18.2 Å². The molecule has 0 bridgehead atoms. The molecule has 1 aliphatic rings. The lowest BCUT2D eigenvalue weighted by Crippen LogP contribution is -2.43. The van der Waals surface area contributed by atoms with Crippen molar-refractivity contribution in [1.29, 1.82) is 0 Å². The number of anilines is 2. The van der Waals surface area contributed by atoms with Gasteiger partial charge in [0.05, 0.1) is 13.2 Å². The Morgan fingerprint density at radius 3 is 2.69 bits per heavy atom. The maximum absolute atomic E-state index is 12.2. The Morgan fingerprint density at radius 2 is 1.92 bits per heavy atom. The van der Waals surface area contributed by atoms with Gasteiger partial charge in [-0.1, -0.05) is 25.8 Å². The summed E-state index contributed by atoms with van der Waals surface area (Å²) in [5.74, 6) is 0.519. The Morgan fingerprint density at radius 1 is 1.15 bits per heavy atom. The quantitative estimate of drug-likeness (QED) is 0.618. The van der Waals surface area contributed by atoms with Crippen LogP contribution in [0.15, 0.2) is 24.3 Å². The summed E-state index contributed by atoms with van der Waals surface area (Å²) in [6, 6.07) is 7.43. The van der Waals surface area contributed by atoms with E-state index in [-0.39, 0.29) is 25.1 Å². The van der Waals surface area contributed by atoms with E-state index in [1.54, 1.807) is 25.3 Å². The number of nitrogens with one attached hydrogen (secondary N) is 3. The topological polar surface area (TPSA) is 88.7 Å². The van der Waals surface area contributed by atoms with Gasteiger partial charge in [0.1, 0.15) is 6.61 Å². The zero-order valence-corrected chi connectivity index (χ0v) is 15.5. The highest BCUT2D eigenvalue weighted by Gasteiger charge is 2.22. The second kappa shape index (κ2) is 10.7. The van der Waals surface area contributed by atoms with Crippen LogP contribution in [-0.4, -0.2) is 44.9 Å². The van der Waals surface area contributed by atoms with Crippen LogP contribution in [0, 0.1) is 5.92 Å². The van der Waals surface area contributed by atoms with Crippen LogP contribution in [0.4, 0.5) is 16.2 Å². The minimum Gasteiger partial charge on any atom is -0.447 e. The fourth-order valence-electron chi connectivity index (χ4n) is 3.05. The van der Waals surface area contributed by atoms with Gasteiger partial charge in [0.15, 0.2) is 0 Å². The van der Waals surface area contributed by atoms with Crippen molar-refractivity contribution in [2.45, 2.75) is 38.6 Å². The Balaban J connectivity index is 1.76. The van der Waals surface area contributed by atoms with Gasteiger partial charge in [-0.15, -0.1) is 0 Å². The number of benzene rings is 1. The molecule has 0 heterocycles. The van der Waals surface area contributed by atoms with E-state index in [9.17, 15) is 9.59 Å². The molecule has 1 fully saturated rings. The predicted octanol–water partition coefficient (Wildman–Crippen LogP) is 2.99. The summed E-state index contributed by atoms with van der Waals surface area (Å²) in [5, 5.41) is 8.85. The first-order valence-corrected chi connectivity index (χ1v) is 9.14. The Labute approximate surface area is 154 Å². The number of hydrogen-bond acceptors (Lipinski definition) is 5. The van der Waals surface area contributed by atoms with Gasteiger partial charge in [-0.25, -0.2) is 4.79 Å². The van der Waals surface area contributed by atoms with Gasteiger partial charge < -0.3 is 20.1 Å². The molecule has 0 saturated heterocycles. The minimum atomic E-state index is -0.539. The summed E-state index contributed by atoms with van der Waals surface area (Å²) in [4.78, 5) is 23.8. The summed E-state index contributed by atoms with van der Waals surface area (Å²) in [7, 11) is 1.54. The fourth-order valence-corrected chi connectivity index (χ4v) is 3.05. The first-order valence-electron chi connectivity index (χ1n) is 9.14. The molecule has 1 aromatic rings. The Bertz CT molecular complexity index is 594. The third kappa shape index (κ3) is 6.92. The van der Waals surface area contributed by atoms with Gasteiger partial charge in [0, 0.05) is 24.5 Å². The highest BCUT2D eigenvalue weighted by atomic mass is 16.6. The van der Waals surface area contributed by atoms with E-state index < -0.39 is 6.09 Å². The second-order valence-electron chi connectivity index (χ2n) is 6.62. The molecule has 2 atom stereocenters. The monoisotopic (exact) mass is 363 g/mol. The summed E-state index contributed by atoms with van der Waals surface area (Å²) >= 11 is 0. The number of rotatable bonds is 8. The molecule has 1 aliphatic carbocycles. The highest BCUT2D eigenvalue weighted by Crippen LogP contribution is 2.23. The van der Waals surface area contributed by atoms with Crippen LogP contribution in [0.1, 0.15) is 32.6 Å². The fraction of sp³-hybridized carbons (Fsp3) is 0.579. The van der Waals surface area contributed by atoms with Crippen LogP contribution in [-0.2, 0) is 14.3 Å². The normalized spacial score (nSPS) is 19.5. The summed E-state index contributed by atoms with van der Waals surface area (Å²) < 4.78 is 9.78. The molecule has 0 unspecified atom stereocenters. The van der Waals surface area contributed by atoms with E-state index >= 15 is 0 Å². The van der Waals surface area contributed by atoms with Crippen LogP contribution < -0.4 is 16.0 Å². The summed E-state index contributed by atoms with van der Waals surface area (Å²) in [6.07, 6.45) is 4.11. The molecule has 2 rings (SSSR count). The van der Waals surface area contributed by atoms with Gasteiger partial charge >= 0.3 is 6.09 Å². The second-order valence-corrected chi connectivity index (χ2v) is 6.62. The maximum atomic E-state index is 12.2. The van der Waals surface area contributed by atoms with Crippen molar-refractivity contribution < 1.29 is 19.1 Å². The number of carbonyl (C=O) groups is 2. The standard InChI is InChI=1S/C19H29N3O4/c1-14-6-3-4-9-17(14)22-18(23)13-20-15-7-5-8-16(12-15)21-19(24)26-11-10-25-2/h5,7-8,12,14,17,20H,3-4,6,9-11,13H2,1-2H3,(H,21,24)(H,22,23)/t14-,17-/m1/s1. The Hall–Kier alpha value is -2.28. The lowest BCUT2D eigenvalue weighted by atomic mass is 9.86. The average molecular weight is 363 g/mol. The molecule has 1 aromatic carbocycles. The number of methoxy groups -OCH3 is 1. The van der Waals surface area contributed by atoms with Gasteiger partial charge in [0.2, 0.25) is 5.91 Å². The molecule has 3 N–H and O–H groups in total. The third-order valence-corrected chi connectivity index (χ3v) is 4.54. The SMILES string of the molecule is COCCOC(=O)Nc1cccc(NCC(=O)N[C@@H]2CCCC[C@H]2C)c1. The zero-order valence-electron chi connectivity index (χ0n) is 15.5. The van der Waals surface area contributed by atoms with Gasteiger partial charge in [-0.05, 0) is 37.0 Å². The van der Waals surface area contributed by atoms with Crippen LogP contribution in [0.3, 0.4) is 0 Å². The lowest BCUT2D eigenvalue weighted by molar-refractivity contribution is -0.120. The summed E-state index contributed by atoms with van der Waals surface area (Å²) in [6.45, 7) is 2.94. The smallest absolute Gasteiger partial charge is 0.411 e. The highest BCUT2D eigenvalue weighted by molar-refractivity contribution is 5.86. The van der Waals surface area contributed by atoms with Crippen LogP contribution >= 0.6 is 0 Å². The molecule has 144 valence electrons. The zero-order chi connectivity index (χ0) is 18.8. The summed E-state index contributed by atoms with van der Waals surface area (Å²) in [5.41, 5.74) is 1.35. The maximum Gasteiger partial charge on any atom is 0.411 e. The largest absolute Gasteiger partial charge is 0.447 e. The number of ether oxygens (including phenoxy) is 2. The number of hydrogen-bond donors (Lipinski definition) is 3. The van der Waals surface area contributed by atoms with E-state index in [0.717, 1.165) is 12.1 Å². The molecular weight excluding hydrogens is 334 g/mol. The van der Waals surface area contributed by atoms with Crippen molar-refractivity contribution in [3.63, 3.8) is 0 Å². The molecule has 0 aliphatic heterocycles. The minimum absolute atomic E-state index is 0.0129. The average Bonchev–Trinajstić information content (AvgIpc) is 2.62. The number of carbonyl (C=O) groups excluding carboxylic acids is 2. The van der Waals surface area contributed by atoms with E-state index in [4.69, 9.17) is 9.47 Å². The van der Waals surface area contributed by atoms with Crippen LogP contribution in [0.5, 0.6) is 0 Å². The lowest BCUT2D eigenvalue weighted by Gasteiger charge is -2.29. The van der Waals surface area contributed by atoms with Crippen molar-refractivity contribution in [3.05, 3.63) is 24.3 Å².